The molecule has 250 valence electrons. The van der Waals surface area contributed by atoms with Crippen LogP contribution in [0, 0.1) is 18.7 Å². The van der Waals surface area contributed by atoms with Crippen molar-refractivity contribution in [3.63, 3.8) is 0 Å². The van der Waals surface area contributed by atoms with Crippen LogP contribution in [0.1, 0.15) is 73.0 Å². The average Bonchev–Trinajstić information content (AvgIpc) is 3.64. The van der Waals surface area contributed by atoms with E-state index < -0.39 is 11.6 Å². The molecule has 5 aromatic rings. The lowest BCUT2D eigenvalue weighted by atomic mass is 9.89. The molecule has 1 aliphatic carbocycles. The van der Waals surface area contributed by atoms with Crippen LogP contribution in [0.2, 0.25) is 0 Å². The molecule has 10 nitrogen and oxygen atoms in total. The summed E-state index contributed by atoms with van der Waals surface area (Å²) in [4.78, 5) is 36.2. The summed E-state index contributed by atoms with van der Waals surface area (Å²) in [6.07, 6.45) is 4.57. The molecule has 1 saturated heterocycles. The highest BCUT2D eigenvalue weighted by Crippen LogP contribution is 2.51. The molecule has 0 radical (unpaired) electrons. The standard InChI is InChI=1S/C37H40FN5O5/c1-20-28(38)15-29-27(16-39-42-29)30(20)31-25(23-10-11-23)14-26-32(40-36(41-34(26)44)47-19-22-12-13-43(5)17-22)33(31)46-18-21-6-8-24(9-7-21)35(45)48-37(2,3)4/h6-9,14-16,22-23H,10-13,17-19H2,1-5H3,(H,39,42)(H,40,41,44)/t22-/m1/s1. The highest BCUT2D eigenvalue weighted by molar-refractivity contribution is 6.03. The zero-order valence-electron chi connectivity index (χ0n) is 27.9. The Hall–Kier alpha value is -4.77. The molecule has 3 aromatic carbocycles. The van der Waals surface area contributed by atoms with E-state index in [1.54, 1.807) is 37.4 Å². The van der Waals surface area contributed by atoms with E-state index in [1.807, 2.05) is 26.8 Å². The summed E-state index contributed by atoms with van der Waals surface area (Å²) in [6, 6.07) is 10.5. The van der Waals surface area contributed by atoms with E-state index in [9.17, 15) is 9.59 Å². The van der Waals surface area contributed by atoms with Gasteiger partial charge in [-0.15, -0.1) is 0 Å². The first kappa shape index (κ1) is 31.8. The molecule has 0 unspecified atom stereocenters. The van der Waals surface area contributed by atoms with Crippen molar-refractivity contribution in [2.45, 2.75) is 65.1 Å². The van der Waals surface area contributed by atoms with Crippen molar-refractivity contribution < 1.29 is 23.4 Å². The van der Waals surface area contributed by atoms with Gasteiger partial charge in [0.25, 0.3) is 11.6 Å². The molecule has 11 heteroatoms. The minimum absolute atomic E-state index is 0.104. The van der Waals surface area contributed by atoms with E-state index in [0.29, 0.717) is 56.9 Å². The lowest BCUT2D eigenvalue weighted by molar-refractivity contribution is 0.00694. The second-order valence-electron chi connectivity index (χ2n) is 14.1. The van der Waals surface area contributed by atoms with E-state index in [-0.39, 0.29) is 29.9 Å². The van der Waals surface area contributed by atoms with Crippen LogP contribution in [0.25, 0.3) is 32.9 Å². The number of likely N-dealkylation sites (tertiary alicyclic amines) is 1. The summed E-state index contributed by atoms with van der Waals surface area (Å²) in [6.45, 7) is 9.65. The zero-order chi connectivity index (χ0) is 33.7. The number of hydrogen-bond donors (Lipinski definition) is 2. The Morgan fingerprint density at radius 2 is 1.83 bits per heavy atom. The summed E-state index contributed by atoms with van der Waals surface area (Å²) in [5.41, 5.74) is 3.86. The molecule has 2 fully saturated rings. The van der Waals surface area contributed by atoms with Crippen LogP contribution < -0.4 is 15.0 Å². The first-order chi connectivity index (χ1) is 22.9. The highest BCUT2D eigenvalue weighted by atomic mass is 19.1. The first-order valence-electron chi connectivity index (χ1n) is 16.4. The number of carbonyl (C=O) groups excluding carboxylic acids is 1. The Bertz CT molecular complexity index is 2080. The molecule has 48 heavy (non-hydrogen) atoms. The second-order valence-corrected chi connectivity index (χ2v) is 14.1. The minimum Gasteiger partial charge on any atom is -0.486 e. The van der Waals surface area contributed by atoms with Gasteiger partial charge in [0.05, 0.1) is 29.3 Å². The highest BCUT2D eigenvalue weighted by Gasteiger charge is 2.33. The van der Waals surface area contributed by atoms with Gasteiger partial charge in [-0.3, -0.25) is 14.9 Å². The predicted molar refractivity (Wildman–Crippen MR) is 181 cm³/mol. The number of halogens is 1. The average molecular weight is 654 g/mol. The summed E-state index contributed by atoms with van der Waals surface area (Å²) in [7, 11) is 2.08. The molecule has 7 rings (SSSR count). The monoisotopic (exact) mass is 653 g/mol. The summed E-state index contributed by atoms with van der Waals surface area (Å²) in [5, 5.41) is 8.25. The van der Waals surface area contributed by atoms with Gasteiger partial charge in [0, 0.05) is 29.0 Å². The second kappa shape index (κ2) is 12.4. The maximum Gasteiger partial charge on any atom is 0.338 e. The fraction of sp³-hybridized carbons (Fsp3) is 0.405. The van der Waals surface area contributed by atoms with E-state index in [2.05, 4.69) is 27.1 Å². The van der Waals surface area contributed by atoms with Gasteiger partial charge in [0.15, 0.2) is 5.75 Å². The largest absolute Gasteiger partial charge is 0.486 e. The van der Waals surface area contributed by atoms with Crippen LogP contribution in [0.15, 0.2) is 47.4 Å². The van der Waals surface area contributed by atoms with Crippen molar-refractivity contribution in [3.05, 3.63) is 81.0 Å². The topological polar surface area (TPSA) is 122 Å². The van der Waals surface area contributed by atoms with Crippen LogP contribution >= 0.6 is 0 Å². The van der Waals surface area contributed by atoms with Crippen molar-refractivity contribution in [2.75, 3.05) is 26.7 Å². The molecular formula is C37H40FN5O5. The van der Waals surface area contributed by atoms with E-state index >= 15 is 4.39 Å². The van der Waals surface area contributed by atoms with E-state index in [0.717, 1.165) is 48.9 Å². The summed E-state index contributed by atoms with van der Waals surface area (Å²) in [5.74, 6) is 0.0908. The third kappa shape index (κ3) is 6.38. The summed E-state index contributed by atoms with van der Waals surface area (Å²) < 4.78 is 33.8. The van der Waals surface area contributed by atoms with Gasteiger partial charge in [0.1, 0.15) is 23.5 Å². The molecule has 0 spiro atoms. The van der Waals surface area contributed by atoms with E-state index in [4.69, 9.17) is 19.2 Å². The Morgan fingerprint density at radius 1 is 1.06 bits per heavy atom. The molecule has 0 bridgehead atoms. The Labute approximate surface area is 277 Å². The van der Waals surface area contributed by atoms with Crippen molar-refractivity contribution in [3.8, 4) is 22.9 Å². The number of nitrogens with one attached hydrogen (secondary N) is 2. The van der Waals surface area contributed by atoms with Crippen molar-refractivity contribution in [2.24, 2.45) is 5.92 Å². The molecular weight excluding hydrogens is 613 g/mol. The van der Waals surface area contributed by atoms with Crippen molar-refractivity contribution in [1.82, 2.24) is 25.1 Å². The normalized spacial score (nSPS) is 16.9. The van der Waals surface area contributed by atoms with Crippen LogP contribution in [-0.4, -0.2) is 63.4 Å². The van der Waals surface area contributed by atoms with Gasteiger partial charge < -0.3 is 19.1 Å². The number of esters is 1. The lowest BCUT2D eigenvalue weighted by Crippen LogP contribution is -2.23. The van der Waals surface area contributed by atoms with Gasteiger partial charge in [-0.2, -0.15) is 10.1 Å². The minimum atomic E-state index is -0.612. The number of carbonyl (C=O) groups is 1. The first-order valence-corrected chi connectivity index (χ1v) is 16.4. The number of nitrogens with zero attached hydrogens (tertiary/aromatic N) is 3. The molecule has 2 N–H and O–H groups in total. The maximum atomic E-state index is 15.5. The number of aromatic amines is 2. The number of H-pyrrole nitrogens is 2. The smallest absolute Gasteiger partial charge is 0.338 e. The summed E-state index contributed by atoms with van der Waals surface area (Å²) >= 11 is 0. The Morgan fingerprint density at radius 3 is 2.52 bits per heavy atom. The Kier molecular flexibility index (Phi) is 8.19. The fourth-order valence-corrected chi connectivity index (χ4v) is 6.50. The number of aromatic nitrogens is 4. The molecule has 0 amide bonds. The molecule has 1 saturated carbocycles. The van der Waals surface area contributed by atoms with Gasteiger partial charge in [-0.1, -0.05) is 12.1 Å². The molecule has 1 atom stereocenters. The number of rotatable bonds is 9. The number of benzene rings is 3. The lowest BCUT2D eigenvalue weighted by Gasteiger charge is -2.21. The van der Waals surface area contributed by atoms with Gasteiger partial charge in [-0.05, 0) is 107 Å². The molecule has 2 aromatic heterocycles. The fourth-order valence-electron chi connectivity index (χ4n) is 6.50. The van der Waals surface area contributed by atoms with Crippen LogP contribution in [0.5, 0.6) is 11.8 Å². The van der Waals surface area contributed by atoms with Crippen molar-refractivity contribution >= 4 is 27.8 Å². The zero-order valence-corrected chi connectivity index (χ0v) is 27.9. The molecule has 3 heterocycles. The van der Waals surface area contributed by atoms with Gasteiger partial charge in [-0.25, -0.2) is 9.18 Å². The molecule has 1 aliphatic heterocycles. The molecule has 2 aliphatic rings. The SMILES string of the molecule is Cc1c(F)cc2[nH]ncc2c1-c1c(C2CC2)cc2c(=O)[nH]c(OC[C@@H]3CCN(C)C3)nc2c1OCc1ccc(C(=O)OC(C)(C)C)cc1. The third-order valence-electron chi connectivity index (χ3n) is 9.09. The van der Waals surface area contributed by atoms with Crippen LogP contribution in [0.4, 0.5) is 4.39 Å². The van der Waals surface area contributed by atoms with Crippen LogP contribution in [0.3, 0.4) is 0 Å². The quantitative estimate of drug-likeness (QED) is 0.170. The number of fused-ring (bicyclic) bond motifs is 2. The van der Waals surface area contributed by atoms with E-state index in [1.165, 1.54) is 6.07 Å². The van der Waals surface area contributed by atoms with Crippen LogP contribution in [-0.2, 0) is 11.3 Å². The Balaban J connectivity index is 1.35. The number of hydrogen-bond acceptors (Lipinski definition) is 8. The van der Waals surface area contributed by atoms with Gasteiger partial charge in [0.2, 0.25) is 0 Å². The number of ether oxygens (including phenoxy) is 3. The maximum absolute atomic E-state index is 15.5. The predicted octanol–water partition coefficient (Wildman–Crippen LogP) is 6.66. The van der Waals surface area contributed by atoms with Gasteiger partial charge >= 0.3 is 5.97 Å². The van der Waals surface area contributed by atoms with Crippen molar-refractivity contribution in [1.29, 1.82) is 0 Å². The third-order valence-corrected chi connectivity index (χ3v) is 9.09.